The quantitative estimate of drug-likeness (QED) is 0.162. The average Bonchev–Trinajstić information content (AvgIpc) is 3.84. The van der Waals surface area contributed by atoms with Gasteiger partial charge in [-0.25, -0.2) is 0 Å². The third kappa shape index (κ3) is 5.85. The molecule has 0 heteroatoms. The van der Waals surface area contributed by atoms with E-state index < -0.39 is 0 Å². The molecule has 67 heavy (non-hydrogen) atoms. The van der Waals surface area contributed by atoms with E-state index in [9.17, 15) is 0 Å². The number of hydrogen-bond acceptors (Lipinski definition) is 0. The molecule has 3 aliphatic carbocycles. The van der Waals surface area contributed by atoms with Gasteiger partial charge < -0.3 is 0 Å². The van der Waals surface area contributed by atoms with E-state index in [1.54, 1.807) is 0 Å². The zero-order chi connectivity index (χ0) is 45.4. The molecule has 0 aliphatic heterocycles. The van der Waals surface area contributed by atoms with E-state index in [1.807, 2.05) is 0 Å². The van der Waals surface area contributed by atoms with E-state index in [0.29, 0.717) is 0 Å². The third-order valence-electron chi connectivity index (χ3n) is 16.1. The zero-order valence-electron chi connectivity index (χ0n) is 39.1. The van der Waals surface area contributed by atoms with Crippen LogP contribution in [-0.2, 0) is 16.2 Å². The van der Waals surface area contributed by atoms with Gasteiger partial charge in [-0.2, -0.15) is 0 Å². The molecule has 10 aromatic carbocycles. The smallest absolute Gasteiger partial charge is 0.0159 e. The van der Waals surface area contributed by atoms with Crippen LogP contribution in [-0.4, -0.2) is 0 Å². The number of benzene rings is 10. The van der Waals surface area contributed by atoms with Gasteiger partial charge in [0.1, 0.15) is 0 Å². The summed E-state index contributed by atoms with van der Waals surface area (Å²) in [6.07, 6.45) is 0. The minimum absolute atomic E-state index is 0.0229. The van der Waals surface area contributed by atoms with Crippen LogP contribution in [0.2, 0.25) is 0 Å². The van der Waals surface area contributed by atoms with Crippen molar-refractivity contribution in [2.45, 2.75) is 57.8 Å². The molecule has 0 heterocycles. The Hall–Kier alpha value is -7.54. The predicted octanol–water partition coefficient (Wildman–Crippen LogP) is 18.1. The largest absolute Gasteiger partial charge is 0.0622 e. The summed E-state index contributed by atoms with van der Waals surface area (Å²) in [5.74, 6) is 0. The van der Waals surface area contributed by atoms with Crippen molar-refractivity contribution in [2.24, 2.45) is 0 Å². The summed E-state index contributed by atoms with van der Waals surface area (Å²) in [6, 6.07) is 78.0. The molecule has 0 saturated heterocycles. The summed E-state index contributed by atoms with van der Waals surface area (Å²) in [5, 5.41) is 2.55. The van der Waals surface area contributed by atoms with Gasteiger partial charge in [-0.05, 0) is 164 Å². The van der Waals surface area contributed by atoms with Crippen LogP contribution in [0.1, 0.15) is 74.9 Å². The first-order valence-corrected chi connectivity index (χ1v) is 24.0. The van der Waals surface area contributed by atoms with E-state index in [4.69, 9.17) is 0 Å². The van der Waals surface area contributed by atoms with Crippen molar-refractivity contribution >= 4 is 10.8 Å². The summed E-state index contributed by atoms with van der Waals surface area (Å²) in [7, 11) is 0. The molecule has 13 rings (SSSR count). The van der Waals surface area contributed by atoms with Crippen LogP contribution in [0.15, 0.2) is 206 Å². The maximum atomic E-state index is 2.48. The summed E-state index contributed by atoms with van der Waals surface area (Å²) in [4.78, 5) is 0. The van der Waals surface area contributed by atoms with Gasteiger partial charge in [0, 0.05) is 16.2 Å². The van der Waals surface area contributed by atoms with E-state index in [2.05, 4.69) is 248 Å². The van der Waals surface area contributed by atoms with Crippen molar-refractivity contribution in [3.63, 3.8) is 0 Å². The fraction of sp³-hybridized carbons (Fsp3) is 0.134. The number of rotatable bonds is 5. The van der Waals surface area contributed by atoms with Crippen molar-refractivity contribution in [3.05, 3.63) is 240 Å². The number of fused-ring (bicyclic) bond motifs is 10. The third-order valence-corrected chi connectivity index (χ3v) is 16.1. The van der Waals surface area contributed by atoms with Gasteiger partial charge in [0.15, 0.2) is 0 Å². The molecule has 0 N–H and O–H groups in total. The molecule has 0 aromatic heterocycles. The molecule has 320 valence electrons. The van der Waals surface area contributed by atoms with Crippen LogP contribution in [0.5, 0.6) is 0 Å². The van der Waals surface area contributed by atoms with E-state index >= 15 is 0 Å². The maximum absolute atomic E-state index is 2.48. The van der Waals surface area contributed by atoms with Crippen molar-refractivity contribution in [2.75, 3.05) is 0 Å². The topological polar surface area (TPSA) is 0 Å². The molecule has 0 saturated carbocycles. The lowest BCUT2D eigenvalue weighted by Crippen LogP contribution is -2.16. The minimum Gasteiger partial charge on any atom is -0.0622 e. The van der Waals surface area contributed by atoms with Crippen molar-refractivity contribution in [1.29, 1.82) is 0 Å². The van der Waals surface area contributed by atoms with E-state index in [1.165, 1.54) is 133 Å². The Morgan fingerprint density at radius 1 is 0.194 bits per heavy atom. The van der Waals surface area contributed by atoms with Gasteiger partial charge >= 0.3 is 0 Å². The second kappa shape index (κ2) is 14.2. The lowest BCUT2D eigenvalue weighted by Gasteiger charge is -2.24. The molecule has 0 unspecified atom stereocenters. The van der Waals surface area contributed by atoms with Crippen molar-refractivity contribution < 1.29 is 0 Å². The van der Waals surface area contributed by atoms with Crippen LogP contribution in [0.25, 0.3) is 99.8 Å². The summed E-state index contributed by atoms with van der Waals surface area (Å²) in [6.45, 7) is 14.4. The maximum Gasteiger partial charge on any atom is 0.0159 e. The minimum atomic E-state index is -0.145. The first-order valence-electron chi connectivity index (χ1n) is 24.0. The van der Waals surface area contributed by atoms with E-state index in [-0.39, 0.29) is 16.2 Å². The first kappa shape index (κ1) is 39.8. The summed E-state index contributed by atoms with van der Waals surface area (Å²) in [5.41, 5.74) is 28.9. The first-order chi connectivity index (χ1) is 32.5. The lowest BCUT2D eigenvalue weighted by molar-refractivity contribution is 0.659. The second-order valence-corrected chi connectivity index (χ2v) is 20.9. The zero-order valence-corrected chi connectivity index (χ0v) is 39.1. The molecule has 0 nitrogen and oxygen atoms in total. The Morgan fingerprint density at radius 3 is 0.881 bits per heavy atom. The molecule has 0 radical (unpaired) electrons. The highest BCUT2D eigenvalue weighted by atomic mass is 14.4. The predicted molar refractivity (Wildman–Crippen MR) is 284 cm³/mol. The molecule has 0 fully saturated rings. The van der Waals surface area contributed by atoms with Gasteiger partial charge in [-0.15, -0.1) is 0 Å². The average molecular weight is 857 g/mol. The van der Waals surface area contributed by atoms with Gasteiger partial charge in [-0.1, -0.05) is 217 Å². The van der Waals surface area contributed by atoms with Gasteiger partial charge in [0.05, 0.1) is 0 Å². The van der Waals surface area contributed by atoms with Crippen LogP contribution in [0.3, 0.4) is 0 Å². The van der Waals surface area contributed by atoms with Crippen LogP contribution < -0.4 is 0 Å². The highest BCUT2D eigenvalue weighted by Gasteiger charge is 2.39. The van der Waals surface area contributed by atoms with Gasteiger partial charge in [0.25, 0.3) is 0 Å². The van der Waals surface area contributed by atoms with Crippen molar-refractivity contribution in [3.8, 4) is 89.0 Å². The van der Waals surface area contributed by atoms with Gasteiger partial charge in [-0.3, -0.25) is 0 Å². The SMILES string of the molecule is CC1(C)c2ccccc2-c2ccc(-c3ccc4c(c3)C(C)(C)c3cc(-c5ccc6c(c5)C(C)(C)c5cc(-c7ccc(-c8ccc(-c9ccccc9)c9ccccc89)cc7)ccc5-6)ccc3-4)cc21. The molecule has 0 atom stereocenters. The van der Waals surface area contributed by atoms with Crippen LogP contribution in [0, 0.1) is 0 Å². The summed E-state index contributed by atoms with van der Waals surface area (Å²) >= 11 is 0. The van der Waals surface area contributed by atoms with Crippen LogP contribution in [0.4, 0.5) is 0 Å². The van der Waals surface area contributed by atoms with Crippen LogP contribution >= 0.6 is 0 Å². The molecular formula is C67H52. The fourth-order valence-corrected chi connectivity index (χ4v) is 12.3. The Labute approximate surface area is 395 Å². The Kier molecular flexibility index (Phi) is 8.45. The molecule has 0 spiro atoms. The summed E-state index contributed by atoms with van der Waals surface area (Å²) < 4.78 is 0. The van der Waals surface area contributed by atoms with E-state index in [0.717, 1.165) is 0 Å². The Morgan fingerprint density at radius 2 is 0.463 bits per heavy atom. The monoisotopic (exact) mass is 856 g/mol. The lowest BCUT2D eigenvalue weighted by atomic mass is 9.79. The second-order valence-electron chi connectivity index (χ2n) is 20.9. The highest BCUT2D eigenvalue weighted by Crippen LogP contribution is 2.54. The van der Waals surface area contributed by atoms with Crippen molar-refractivity contribution in [1.82, 2.24) is 0 Å². The number of hydrogen-bond donors (Lipinski definition) is 0. The Bertz CT molecular complexity index is 3690. The molecule has 10 aromatic rings. The Balaban J connectivity index is 0.785. The molecular weight excluding hydrogens is 805 g/mol. The standard InChI is InChI=1S/C67H52/c1-65(2)59-19-13-12-18-53(59)54-30-25-45(37-60(54)65)46-26-32-57-58-33-28-48(40-64(58)67(5,6)63(57)38-46)47-27-31-56-55-29-24-44(36-61(55)66(3,4)62(56)39-47)41-20-22-43(23-21-41)50-35-34-49(42-14-8-7-9-15-42)51-16-10-11-17-52(50)51/h7-40H,1-6H3. The fourth-order valence-electron chi connectivity index (χ4n) is 12.3. The molecule has 0 amide bonds. The molecule has 3 aliphatic rings. The normalized spacial score (nSPS) is 15.1. The van der Waals surface area contributed by atoms with Gasteiger partial charge in [0.2, 0.25) is 0 Å². The molecule has 0 bridgehead atoms. The highest BCUT2D eigenvalue weighted by molar-refractivity contribution is 6.05.